The zero-order valence-electron chi connectivity index (χ0n) is 11.9. The maximum absolute atomic E-state index is 5.83. The Balaban J connectivity index is 1.80. The normalized spacial score (nSPS) is 20.2. The summed E-state index contributed by atoms with van der Waals surface area (Å²) >= 11 is 0. The van der Waals surface area contributed by atoms with Crippen LogP contribution in [0.15, 0.2) is 48.5 Å². The number of ether oxygens (including phenoxy) is 2. The minimum Gasteiger partial charge on any atom is -0.472 e. The van der Waals surface area contributed by atoms with Gasteiger partial charge in [-0.05, 0) is 34.4 Å². The summed E-state index contributed by atoms with van der Waals surface area (Å²) in [5.74, 6) is 0. The van der Waals surface area contributed by atoms with E-state index in [9.17, 15) is 0 Å². The Bertz CT molecular complexity index is 793. The van der Waals surface area contributed by atoms with E-state index in [4.69, 9.17) is 9.47 Å². The fraction of sp³-hybridized carbons (Fsp3) is 0.263. The second-order valence-corrected chi connectivity index (χ2v) is 5.59. The van der Waals surface area contributed by atoms with E-state index in [1.54, 1.807) is 0 Å². The second-order valence-electron chi connectivity index (χ2n) is 5.59. The Hall–Kier alpha value is -2.06. The van der Waals surface area contributed by atoms with Gasteiger partial charge in [-0.1, -0.05) is 48.5 Å². The minimum absolute atomic E-state index is 0.0870. The molecule has 3 aromatic carbocycles. The lowest BCUT2D eigenvalue weighted by molar-refractivity contribution is -0.117. The Morgan fingerprint density at radius 3 is 2.57 bits per heavy atom. The first-order valence-electron chi connectivity index (χ1n) is 7.59. The monoisotopic (exact) mass is 278 g/mol. The first-order valence-corrected chi connectivity index (χ1v) is 7.59. The zero-order valence-corrected chi connectivity index (χ0v) is 11.9. The SMILES string of the molecule is C(OC1CCCCO1)=c1ccc2cccc3cccc1c32. The molecule has 4 rings (SSSR count). The summed E-state index contributed by atoms with van der Waals surface area (Å²) in [6.07, 6.45) is 5.08. The molecule has 0 saturated carbocycles. The van der Waals surface area contributed by atoms with Crippen LogP contribution in [0.4, 0.5) is 0 Å². The van der Waals surface area contributed by atoms with E-state index in [2.05, 4.69) is 48.5 Å². The molecule has 1 atom stereocenters. The summed E-state index contributed by atoms with van der Waals surface area (Å²) in [6.45, 7) is 0.808. The van der Waals surface area contributed by atoms with Gasteiger partial charge in [-0.3, -0.25) is 0 Å². The molecule has 0 amide bonds. The van der Waals surface area contributed by atoms with E-state index >= 15 is 0 Å². The Morgan fingerprint density at radius 2 is 1.76 bits per heavy atom. The lowest BCUT2D eigenvalue weighted by Crippen LogP contribution is -2.21. The Morgan fingerprint density at radius 1 is 0.952 bits per heavy atom. The van der Waals surface area contributed by atoms with Gasteiger partial charge in [0.2, 0.25) is 0 Å². The molecule has 3 aromatic rings. The quantitative estimate of drug-likeness (QED) is 0.705. The number of hydrogen-bond donors (Lipinski definition) is 0. The molecule has 106 valence electrons. The minimum atomic E-state index is -0.0870. The van der Waals surface area contributed by atoms with Gasteiger partial charge in [-0.25, -0.2) is 0 Å². The van der Waals surface area contributed by atoms with Gasteiger partial charge in [0.25, 0.3) is 0 Å². The van der Waals surface area contributed by atoms with Gasteiger partial charge in [0.05, 0.1) is 12.9 Å². The van der Waals surface area contributed by atoms with Crippen LogP contribution in [0.3, 0.4) is 0 Å². The van der Waals surface area contributed by atoms with Gasteiger partial charge in [0.15, 0.2) is 6.29 Å². The zero-order chi connectivity index (χ0) is 14.1. The topological polar surface area (TPSA) is 18.5 Å². The van der Waals surface area contributed by atoms with Crippen LogP contribution in [0.1, 0.15) is 19.3 Å². The highest BCUT2D eigenvalue weighted by Gasteiger charge is 2.13. The van der Waals surface area contributed by atoms with Crippen LogP contribution >= 0.6 is 0 Å². The molecule has 2 heteroatoms. The van der Waals surface area contributed by atoms with Crippen molar-refractivity contribution in [3.63, 3.8) is 0 Å². The first-order chi connectivity index (χ1) is 10.4. The summed E-state index contributed by atoms with van der Waals surface area (Å²) in [6, 6.07) is 17.1. The van der Waals surface area contributed by atoms with Crippen LogP contribution in [0.25, 0.3) is 27.8 Å². The third-order valence-electron chi connectivity index (χ3n) is 4.18. The van der Waals surface area contributed by atoms with Crippen molar-refractivity contribution in [3.05, 3.63) is 53.7 Å². The fourth-order valence-corrected chi connectivity index (χ4v) is 3.09. The third kappa shape index (κ3) is 2.36. The van der Waals surface area contributed by atoms with Crippen molar-refractivity contribution < 1.29 is 9.47 Å². The highest BCUT2D eigenvalue weighted by molar-refractivity contribution is 6.10. The molecule has 1 aliphatic rings. The molecule has 21 heavy (non-hydrogen) atoms. The molecule has 0 aliphatic carbocycles. The van der Waals surface area contributed by atoms with Gasteiger partial charge in [-0.15, -0.1) is 0 Å². The van der Waals surface area contributed by atoms with E-state index in [-0.39, 0.29) is 6.29 Å². The van der Waals surface area contributed by atoms with Crippen molar-refractivity contribution in [1.82, 2.24) is 0 Å². The molecule has 2 nitrogen and oxygen atoms in total. The van der Waals surface area contributed by atoms with Gasteiger partial charge in [0, 0.05) is 11.6 Å². The van der Waals surface area contributed by atoms with Crippen LogP contribution in [0.5, 0.6) is 0 Å². The van der Waals surface area contributed by atoms with Crippen LogP contribution < -0.4 is 5.22 Å². The smallest absolute Gasteiger partial charge is 0.198 e. The molecule has 0 spiro atoms. The second kappa shape index (κ2) is 5.38. The summed E-state index contributed by atoms with van der Waals surface area (Å²) < 4.78 is 11.5. The van der Waals surface area contributed by atoms with E-state index in [0.29, 0.717) is 0 Å². The van der Waals surface area contributed by atoms with Crippen molar-refractivity contribution in [3.8, 4) is 0 Å². The van der Waals surface area contributed by atoms with Crippen LogP contribution in [0, 0.1) is 0 Å². The fourth-order valence-electron chi connectivity index (χ4n) is 3.09. The molecule has 0 N–H and O–H groups in total. The number of rotatable bonds is 2. The number of benzene rings is 3. The van der Waals surface area contributed by atoms with E-state index in [1.165, 1.54) is 28.0 Å². The van der Waals surface area contributed by atoms with Crippen LogP contribution in [-0.2, 0) is 9.47 Å². The van der Waals surface area contributed by atoms with Gasteiger partial charge in [0.1, 0.15) is 0 Å². The third-order valence-corrected chi connectivity index (χ3v) is 4.18. The lowest BCUT2D eigenvalue weighted by Gasteiger charge is -2.21. The Labute approximate surface area is 124 Å². The van der Waals surface area contributed by atoms with Gasteiger partial charge < -0.3 is 9.47 Å². The van der Waals surface area contributed by atoms with Crippen molar-refractivity contribution in [1.29, 1.82) is 0 Å². The summed E-state index contributed by atoms with van der Waals surface area (Å²) in [5.41, 5.74) is 0. The molecular formula is C19H18O2. The first kappa shape index (κ1) is 12.7. The summed E-state index contributed by atoms with van der Waals surface area (Å²) in [4.78, 5) is 0. The molecule has 1 fully saturated rings. The summed E-state index contributed by atoms with van der Waals surface area (Å²) in [7, 11) is 0. The molecule has 0 radical (unpaired) electrons. The average molecular weight is 278 g/mol. The predicted molar refractivity (Wildman–Crippen MR) is 85.8 cm³/mol. The Kier molecular flexibility index (Phi) is 3.24. The molecule has 0 bridgehead atoms. The molecule has 0 aromatic heterocycles. The molecule has 1 aliphatic heterocycles. The highest BCUT2D eigenvalue weighted by atomic mass is 16.7. The van der Waals surface area contributed by atoms with Crippen LogP contribution in [0.2, 0.25) is 0 Å². The molecule has 1 heterocycles. The lowest BCUT2D eigenvalue weighted by atomic mass is 10.00. The van der Waals surface area contributed by atoms with E-state index in [0.717, 1.165) is 24.7 Å². The standard InChI is InChI=1S/C19H18O2/c1-2-12-20-18(9-1)21-13-16-11-10-15-6-3-5-14-7-4-8-17(16)19(14)15/h3-8,10-11,13,18H,1-2,9,12H2. The molecular weight excluding hydrogens is 260 g/mol. The van der Waals surface area contributed by atoms with Crippen molar-refractivity contribution in [2.45, 2.75) is 25.6 Å². The highest BCUT2D eigenvalue weighted by Crippen LogP contribution is 2.24. The van der Waals surface area contributed by atoms with Gasteiger partial charge in [-0.2, -0.15) is 0 Å². The molecule has 1 saturated heterocycles. The largest absolute Gasteiger partial charge is 0.472 e. The number of hydrogen-bond acceptors (Lipinski definition) is 2. The average Bonchev–Trinajstić information content (AvgIpc) is 2.56. The van der Waals surface area contributed by atoms with Crippen molar-refractivity contribution >= 4 is 27.8 Å². The van der Waals surface area contributed by atoms with Crippen LogP contribution in [-0.4, -0.2) is 12.9 Å². The van der Waals surface area contributed by atoms with Crippen molar-refractivity contribution in [2.75, 3.05) is 6.61 Å². The summed E-state index contributed by atoms with van der Waals surface area (Å²) in [5, 5.41) is 6.21. The predicted octanol–water partition coefficient (Wildman–Crippen LogP) is 3.99. The molecule has 1 unspecified atom stereocenters. The van der Waals surface area contributed by atoms with Gasteiger partial charge >= 0.3 is 0 Å². The van der Waals surface area contributed by atoms with Crippen molar-refractivity contribution in [2.24, 2.45) is 0 Å². The van der Waals surface area contributed by atoms with E-state index < -0.39 is 0 Å². The maximum atomic E-state index is 5.83. The maximum Gasteiger partial charge on any atom is 0.198 e. The van der Waals surface area contributed by atoms with E-state index in [1.807, 2.05) is 6.26 Å².